The van der Waals surface area contributed by atoms with Crippen LogP contribution in [0.25, 0.3) is 0 Å². The summed E-state index contributed by atoms with van der Waals surface area (Å²) in [6.07, 6.45) is 9.62. The highest BCUT2D eigenvalue weighted by Gasteiger charge is 1.82. The Kier molecular flexibility index (Phi) is 40.3. The third-order valence-corrected chi connectivity index (χ3v) is 2.83. The molecular weight excluding hydrogens is 288 g/mol. The molecule has 0 rings (SSSR count). The van der Waals surface area contributed by atoms with Crippen LogP contribution < -0.4 is 0 Å². The van der Waals surface area contributed by atoms with E-state index in [9.17, 15) is 0 Å². The third-order valence-electron chi connectivity index (χ3n) is 2.83. The fourth-order valence-corrected chi connectivity index (χ4v) is 1.38. The Hall–Kier alpha value is -0.120. The molecule has 0 amide bonds. The van der Waals surface area contributed by atoms with E-state index in [1.54, 1.807) is 0 Å². The highest BCUT2D eigenvalue weighted by atomic mass is 16.5. The van der Waals surface area contributed by atoms with Crippen molar-refractivity contribution in [3.8, 4) is 0 Å². The average molecular weight is 335 g/mol. The van der Waals surface area contributed by atoms with Crippen molar-refractivity contribution in [2.75, 3.05) is 39.6 Å². The van der Waals surface area contributed by atoms with Crippen molar-refractivity contribution in [1.29, 1.82) is 0 Å². The molecular formula is C20H46O3. The SMILES string of the molecule is CCCCOCC.CCCCOCCC.CCCCOCCC. The van der Waals surface area contributed by atoms with Gasteiger partial charge >= 0.3 is 0 Å². The first-order chi connectivity index (χ1) is 11.2. The summed E-state index contributed by atoms with van der Waals surface area (Å²) in [5.41, 5.74) is 0. The number of hydrogen-bond acceptors (Lipinski definition) is 3. The molecule has 0 bridgehead atoms. The quantitative estimate of drug-likeness (QED) is 0.351. The van der Waals surface area contributed by atoms with Gasteiger partial charge in [0.2, 0.25) is 0 Å². The van der Waals surface area contributed by atoms with E-state index in [2.05, 4.69) is 34.6 Å². The second kappa shape index (κ2) is 33.5. The number of hydrogen-bond donors (Lipinski definition) is 0. The summed E-state index contributed by atoms with van der Waals surface area (Å²) in [6.45, 7) is 18.4. The van der Waals surface area contributed by atoms with Crippen LogP contribution in [-0.4, -0.2) is 39.6 Å². The van der Waals surface area contributed by atoms with Crippen LogP contribution in [0.1, 0.15) is 92.9 Å². The van der Waals surface area contributed by atoms with Crippen molar-refractivity contribution in [3.63, 3.8) is 0 Å². The summed E-state index contributed by atoms with van der Waals surface area (Å²) < 4.78 is 15.5. The van der Waals surface area contributed by atoms with Crippen molar-refractivity contribution >= 4 is 0 Å². The Morgan fingerprint density at radius 3 is 1.00 bits per heavy atom. The first kappa shape index (κ1) is 27.7. The lowest BCUT2D eigenvalue weighted by atomic mass is 10.4. The summed E-state index contributed by atoms with van der Waals surface area (Å²) in [5.74, 6) is 0. The molecule has 23 heavy (non-hydrogen) atoms. The molecule has 0 atom stereocenters. The fraction of sp³-hybridized carbons (Fsp3) is 1.00. The van der Waals surface area contributed by atoms with Gasteiger partial charge in [0.1, 0.15) is 0 Å². The van der Waals surface area contributed by atoms with Crippen molar-refractivity contribution in [1.82, 2.24) is 0 Å². The smallest absolute Gasteiger partial charge is 0.0465 e. The Balaban J connectivity index is -0.000000262. The molecule has 0 spiro atoms. The zero-order valence-corrected chi connectivity index (χ0v) is 17.1. The molecule has 0 aromatic carbocycles. The molecule has 0 aliphatic carbocycles. The maximum atomic E-state index is 5.22. The van der Waals surface area contributed by atoms with Gasteiger partial charge in [-0.05, 0) is 39.0 Å². The van der Waals surface area contributed by atoms with Crippen molar-refractivity contribution in [3.05, 3.63) is 0 Å². The molecule has 0 unspecified atom stereocenters. The molecule has 0 radical (unpaired) electrons. The third kappa shape index (κ3) is 44.9. The highest BCUT2D eigenvalue weighted by Crippen LogP contribution is 1.88. The number of rotatable bonds is 14. The van der Waals surface area contributed by atoms with Gasteiger partial charge < -0.3 is 14.2 Å². The average Bonchev–Trinajstić information content (AvgIpc) is 2.58. The Labute approximate surface area is 147 Å². The van der Waals surface area contributed by atoms with E-state index in [0.29, 0.717) is 0 Å². The fourth-order valence-electron chi connectivity index (χ4n) is 1.38. The lowest BCUT2D eigenvalue weighted by Crippen LogP contribution is -1.93. The zero-order valence-electron chi connectivity index (χ0n) is 17.1. The standard InChI is InChI=1S/2C7H16O.C6H14O/c2*1-3-5-7-8-6-4-2;1-3-5-6-7-4-2/h2*3-7H2,1-2H3;3-6H2,1-2H3. The van der Waals surface area contributed by atoms with Crippen LogP contribution in [0.3, 0.4) is 0 Å². The first-order valence-corrected chi connectivity index (χ1v) is 9.97. The molecule has 0 aromatic rings. The molecule has 0 saturated heterocycles. The Bertz CT molecular complexity index is 124. The molecule has 0 heterocycles. The van der Waals surface area contributed by atoms with Crippen LogP contribution in [0, 0.1) is 0 Å². The van der Waals surface area contributed by atoms with Crippen LogP contribution in [0.15, 0.2) is 0 Å². The minimum Gasteiger partial charge on any atom is -0.382 e. The molecule has 3 nitrogen and oxygen atoms in total. The van der Waals surface area contributed by atoms with Gasteiger partial charge in [-0.25, -0.2) is 0 Å². The van der Waals surface area contributed by atoms with Crippen LogP contribution in [0.5, 0.6) is 0 Å². The monoisotopic (exact) mass is 334 g/mol. The van der Waals surface area contributed by atoms with Gasteiger partial charge in [-0.1, -0.05) is 53.9 Å². The summed E-state index contributed by atoms with van der Waals surface area (Å²) in [4.78, 5) is 0. The zero-order chi connectivity index (χ0) is 18.0. The maximum Gasteiger partial charge on any atom is 0.0465 e. The summed E-state index contributed by atoms with van der Waals surface area (Å²) in [7, 11) is 0. The van der Waals surface area contributed by atoms with Crippen LogP contribution in [-0.2, 0) is 14.2 Å². The lowest BCUT2D eigenvalue weighted by molar-refractivity contribution is 0.132. The van der Waals surface area contributed by atoms with Crippen molar-refractivity contribution in [2.45, 2.75) is 92.9 Å². The maximum absolute atomic E-state index is 5.22. The normalized spacial score (nSPS) is 9.65. The van der Waals surface area contributed by atoms with Crippen molar-refractivity contribution in [2.24, 2.45) is 0 Å². The molecule has 0 N–H and O–H groups in total. The molecule has 0 aromatic heterocycles. The van der Waals surface area contributed by atoms with E-state index < -0.39 is 0 Å². The summed E-state index contributed by atoms with van der Waals surface area (Å²) in [6, 6.07) is 0. The molecule has 0 aliphatic heterocycles. The van der Waals surface area contributed by atoms with E-state index in [4.69, 9.17) is 14.2 Å². The Morgan fingerprint density at radius 1 is 0.391 bits per heavy atom. The number of ether oxygens (including phenoxy) is 3. The summed E-state index contributed by atoms with van der Waals surface area (Å²) in [5, 5.41) is 0. The van der Waals surface area contributed by atoms with Gasteiger partial charge in [0, 0.05) is 39.6 Å². The molecule has 144 valence electrons. The topological polar surface area (TPSA) is 27.7 Å². The van der Waals surface area contributed by atoms with E-state index >= 15 is 0 Å². The molecule has 3 heteroatoms. The lowest BCUT2D eigenvalue weighted by Gasteiger charge is -1.97. The van der Waals surface area contributed by atoms with E-state index in [1.807, 2.05) is 6.92 Å². The molecule has 0 fully saturated rings. The van der Waals surface area contributed by atoms with Gasteiger partial charge in [0.05, 0.1) is 0 Å². The molecule has 0 aliphatic rings. The van der Waals surface area contributed by atoms with Gasteiger partial charge in [-0.3, -0.25) is 0 Å². The Morgan fingerprint density at radius 2 is 0.739 bits per heavy atom. The predicted octanol–water partition coefficient (Wildman–Crippen LogP) is 6.25. The summed E-state index contributed by atoms with van der Waals surface area (Å²) >= 11 is 0. The highest BCUT2D eigenvalue weighted by molar-refractivity contribution is 4.31. The first-order valence-electron chi connectivity index (χ1n) is 9.97. The second-order valence-corrected chi connectivity index (χ2v) is 5.48. The van der Waals surface area contributed by atoms with Gasteiger partial charge in [-0.2, -0.15) is 0 Å². The van der Waals surface area contributed by atoms with Crippen LogP contribution in [0.4, 0.5) is 0 Å². The molecule has 0 saturated carbocycles. The van der Waals surface area contributed by atoms with Gasteiger partial charge in [-0.15, -0.1) is 0 Å². The van der Waals surface area contributed by atoms with Gasteiger partial charge in [0.25, 0.3) is 0 Å². The van der Waals surface area contributed by atoms with E-state index in [0.717, 1.165) is 52.5 Å². The minimum absolute atomic E-state index is 0.861. The van der Waals surface area contributed by atoms with Crippen LogP contribution in [0.2, 0.25) is 0 Å². The largest absolute Gasteiger partial charge is 0.382 e. The second-order valence-electron chi connectivity index (χ2n) is 5.48. The van der Waals surface area contributed by atoms with E-state index in [1.165, 1.54) is 38.5 Å². The van der Waals surface area contributed by atoms with Gasteiger partial charge in [0.15, 0.2) is 0 Å². The number of unbranched alkanes of at least 4 members (excludes halogenated alkanes) is 3. The minimum atomic E-state index is 0.861. The van der Waals surface area contributed by atoms with Crippen LogP contribution >= 0.6 is 0 Å². The predicted molar refractivity (Wildman–Crippen MR) is 103 cm³/mol. The van der Waals surface area contributed by atoms with Crippen molar-refractivity contribution < 1.29 is 14.2 Å². The van der Waals surface area contributed by atoms with E-state index in [-0.39, 0.29) is 0 Å².